The van der Waals surface area contributed by atoms with Crippen molar-refractivity contribution in [3.05, 3.63) is 0 Å². The van der Waals surface area contributed by atoms with E-state index in [1.807, 2.05) is 0 Å². The maximum absolute atomic E-state index is 3.26. The Bertz CT molecular complexity index is 2100. The van der Waals surface area contributed by atoms with Crippen molar-refractivity contribution in [1.29, 1.82) is 0 Å². The monoisotopic (exact) mass is 1440 g/mol. The molecule has 0 aromatic carbocycles. The molecular weight excluding hydrogens is 1250 g/mol. The molecule has 0 rings (SSSR count). The van der Waals surface area contributed by atoms with Crippen LogP contribution in [0.2, 0.25) is 0 Å². The summed E-state index contributed by atoms with van der Waals surface area (Å²) in [6, 6.07) is 0. The molecule has 0 aromatic rings. The van der Waals surface area contributed by atoms with E-state index >= 15 is 0 Å². The molecule has 0 radical (unpaired) electrons. The van der Waals surface area contributed by atoms with E-state index in [1.54, 1.807) is 0 Å². The van der Waals surface area contributed by atoms with E-state index in [-0.39, 0.29) is 0 Å². The Kier molecular flexibility index (Phi) is 91.7. The molecule has 0 saturated carbocycles. The van der Waals surface area contributed by atoms with Crippen LogP contribution in [0.1, 0.15) is 431 Å². The van der Waals surface area contributed by atoms with Crippen molar-refractivity contribution in [3.8, 4) is 94.7 Å². The Morgan fingerprint density at radius 1 is 0.163 bits per heavy atom. The Balaban J connectivity index is -0.000000169. The molecule has 0 fully saturated rings. The highest BCUT2D eigenvalue weighted by molar-refractivity contribution is 5.05. The fourth-order valence-corrected chi connectivity index (χ4v) is 10.2. The number of unbranched alkanes of at least 4 members (excludes halogenated alkanes) is 3. The summed E-state index contributed by atoms with van der Waals surface area (Å²) in [5.41, 5.74) is 0. The van der Waals surface area contributed by atoms with Gasteiger partial charge in [-0.25, -0.2) is 0 Å². The Morgan fingerprint density at radius 3 is 0.510 bits per heavy atom. The van der Waals surface area contributed by atoms with Crippen LogP contribution in [0.5, 0.6) is 0 Å². The highest BCUT2D eigenvalue weighted by Gasteiger charge is 2.10. The molecule has 0 heteroatoms. The minimum Gasteiger partial charge on any atom is -0.103 e. The lowest BCUT2D eigenvalue weighted by atomic mass is 9.93. The van der Waals surface area contributed by atoms with Crippen LogP contribution in [0.4, 0.5) is 0 Å². The summed E-state index contributed by atoms with van der Waals surface area (Å²) < 4.78 is 0. The Labute approximate surface area is 663 Å². The Hall–Kier alpha value is -3.52. The van der Waals surface area contributed by atoms with Gasteiger partial charge in [-0.3, -0.25) is 0 Å². The summed E-state index contributed by atoms with van der Waals surface area (Å²) in [6.07, 6.45) is 29.5. The van der Waals surface area contributed by atoms with Crippen molar-refractivity contribution >= 4 is 0 Å². The largest absolute Gasteiger partial charge is 0.103 e. The lowest BCUT2D eigenvalue weighted by Gasteiger charge is -2.13. The maximum atomic E-state index is 3.26. The van der Waals surface area contributed by atoms with Gasteiger partial charge in [-0.1, -0.05) is 290 Å². The maximum Gasteiger partial charge on any atom is 0.0146 e. The molecule has 608 valence electrons. The summed E-state index contributed by atoms with van der Waals surface area (Å²) in [5, 5.41) is 0. The van der Waals surface area contributed by atoms with Crippen LogP contribution in [0.15, 0.2) is 0 Å². The molecule has 8 atom stereocenters. The molecule has 0 aromatic heterocycles. The van der Waals surface area contributed by atoms with Gasteiger partial charge in [0.15, 0.2) is 0 Å². The fourth-order valence-electron chi connectivity index (χ4n) is 10.2. The van der Waals surface area contributed by atoms with Gasteiger partial charge in [-0.2, -0.15) is 0 Å². The first-order chi connectivity index (χ1) is 48.2. The molecule has 0 heterocycles. The highest BCUT2D eigenvalue weighted by Crippen LogP contribution is 2.22. The van der Waals surface area contributed by atoms with Gasteiger partial charge in [-0.05, 0) is 185 Å². The molecule has 0 N–H and O–H groups in total. The summed E-state index contributed by atoms with van der Waals surface area (Å²) >= 11 is 0. The molecule has 0 saturated heterocycles. The third-order valence-electron chi connectivity index (χ3n) is 17.7. The number of hydrogen-bond acceptors (Lipinski definition) is 0. The lowest BCUT2D eigenvalue weighted by molar-refractivity contribution is 0.384. The normalized spacial score (nSPS) is 12.8. The van der Waals surface area contributed by atoms with Crippen molar-refractivity contribution in [2.45, 2.75) is 431 Å². The van der Waals surface area contributed by atoms with E-state index < -0.39 is 0 Å². The molecular formula is C104H192. The first kappa shape index (κ1) is 116. The molecule has 0 bridgehead atoms. The van der Waals surface area contributed by atoms with Crippen molar-refractivity contribution in [2.24, 2.45) is 142 Å². The van der Waals surface area contributed by atoms with E-state index in [9.17, 15) is 0 Å². The second kappa shape index (κ2) is 82.0. The number of rotatable bonds is 32. The van der Waals surface area contributed by atoms with E-state index in [0.717, 1.165) is 146 Å². The zero-order chi connectivity index (χ0) is 82.1. The summed E-state index contributed by atoms with van der Waals surface area (Å²) in [6.45, 7) is 89.5. The molecule has 0 aliphatic heterocycles. The van der Waals surface area contributed by atoms with Gasteiger partial charge in [0.1, 0.15) is 0 Å². The Morgan fingerprint density at radius 2 is 0.346 bits per heavy atom. The fraction of sp³-hybridized carbons (Fsp3) is 0.846. The average molecular weight is 1440 g/mol. The van der Waals surface area contributed by atoms with Gasteiger partial charge >= 0.3 is 0 Å². The third-order valence-corrected chi connectivity index (χ3v) is 17.7. The quantitative estimate of drug-likeness (QED) is 0.0465. The van der Waals surface area contributed by atoms with Gasteiger partial charge in [0.2, 0.25) is 0 Å². The molecule has 0 spiro atoms. The summed E-state index contributed by atoms with van der Waals surface area (Å²) in [7, 11) is 0. The van der Waals surface area contributed by atoms with E-state index in [0.29, 0.717) is 47.3 Å². The minimum absolute atomic E-state index is 0.525. The minimum atomic E-state index is 0.525. The average Bonchev–Trinajstić information content (AvgIpc) is 1.63. The number of hydrogen-bond donors (Lipinski definition) is 0. The van der Waals surface area contributed by atoms with Crippen LogP contribution < -0.4 is 0 Å². The van der Waals surface area contributed by atoms with Crippen molar-refractivity contribution in [2.75, 3.05) is 0 Å². The summed E-state index contributed by atoms with van der Waals surface area (Å²) in [4.78, 5) is 0. The molecule has 0 aliphatic rings. The third kappa shape index (κ3) is 122. The van der Waals surface area contributed by atoms with E-state index in [2.05, 4.69) is 372 Å². The van der Waals surface area contributed by atoms with Gasteiger partial charge < -0.3 is 0 Å². The van der Waals surface area contributed by atoms with Crippen LogP contribution in [0.25, 0.3) is 0 Å². The van der Waals surface area contributed by atoms with Crippen LogP contribution >= 0.6 is 0 Å². The lowest BCUT2D eigenvalue weighted by Crippen LogP contribution is -2.02. The zero-order valence-corrected chi connectivity index (χ0v) is 78.8. The molecule has 0 nitrogen and oxygen atoms in total. The first-order valence-electron chi connectivity index (χ1n) is 44.1. The van der Waals surface area contributed by atoms with Crippen molar-refractivity contribution in [1.82, 2.24) is 0 Å². The van der Waals surface area contributed by atoms with Gasteiger partial charge in [0.25, 0.3) is 0 Å². The van der Waals surface area contributed by atoms with Gasteiger partial charge in [-0.15, -0.1) is 94.7 Å². The van der Waals surface area contributed by atoms with E-state index in [1.165, 1.54) is 103 Å². The van der Waals surface area contributed by atoms with Gasteiger partial charge in [0.05, 0.1) is 0 Å². The van der Waals surface area contributed by atoms with Crippen molar-refractivity contribution < 1.29 is 0 Å². The topological polar surface area (TPSA) is 0 Å². The standard InChI is InChI=1S/8C13H24/c2*1-11(2)7-6-8-13(5)10-9-12(3)4;3*1-11(2)8-6-7-9-13(5)10-12(3)4;3*1-11(2)9-7-6-8-10-13(5)12(3)4/h2*11-13H,8-10H2,1-5H3;3*11-13H,7,9-10H2,1-5H3;3*11-13H,6,8,10H2,1-5H3/t4*13-;;2*13-;/m1010.10./s1. The van der Waals surface area contributed by atoms with Crippen molar-refractivity contribution in [3.63, 3.8) is 0 Å². The SMILES string of the molecule is CC(C)C#CCCC(C)CC(C)C.CC(C)C#CCCCC(C)C(C)C.CC(C)C#CCCC[C@@H](C)C(C)C.CC(C)C#CCCC[C@H](C)C(C)C.CC(C)C#CCC[C@@H](C)CC(C)C.CC(C)C#CCC[C@H](C)CC(C)C.CC(C)C#CC[C@@H](C)CCC(C)C.CC(C)C#CC[C@H](C)CCC(C)C. The van der Waals surface area contributed by atoms with Gasteiger partial charge in [0, 0.05) is 98.7 Å². The molecule has 2 unspecified atom stereocenters. The molecule has 0 aliphatic carbocycles. The second-order valence-corrected chi connectivity index (χ2v) is 37.5. The van der Waals surface area contributed by atoms with Crippen LogP contribution in [-0.2, 0) is 0 Å². The molecule has 104 heavy (non-hydrogen) atoms. The summed E-state index contributed by atoms with van der Waals surface area (Å²) in [5.74, 6) is 69.0. The first-order valence-corrected chi connectivity index (χ1v) is 44.1. The highest BCUT2D eigenvalue weighted by atomic mass is 14.2. The second-order valence-electron chi connectivity index (χ2n) is 37.5. The predicted molar refractivity (Wildman–Crippen MR) is 484 cm³/mol. The van der Waals surface area contributed by atoms with Crippen LogP contribution in [0.3, 0.4) is 0 Å². The van der Waals surface area contributed by atoms with Crippen LogP contribution in [-0.4, -0.2) is 0 Å². The van der Waals surface area contributed by atoms with Crippen LogP contribution in [0, 0.1) is 237 Å². The van der Waals surface area contributed by atoms with E-state index in [4.69, 9.17) is 0 Å². The predicted octanol–water partition coefficient (Wildman–Crippen LogP) is 32.9. The zero-order valence-electron chi connectivity index (χ0n) is 78.8. The smallest absolute Gasteiger partial charge is 0.0146 e. The molecule has 0 amide bonds.